The van der Waals surface area contributed by atoms with Crippen molar-refractivity contribution in [1.29, 1.82) is 0 Å². The summed E-state index contributed by atoms with van der Waals surface area (Å²) in [5.41, 5.74) is 6.87. The van der Waals surface area contributed by atoms with Gasteiger partial charge in [0.1, 0.15) is 5.38 Å². The average Bonchev–Trinajstić information content (AvgIpc) is 2.03. The van der Waals surface area contributed by atoms with Crippen LogP contribution in [0, 0.1) is 6.92 Å². The zero-order valence-corrected chi connectivity index (χ0v) is 7.51. The maximum atomic E-state index is 10.7. The van der Waals surface area contributed by atoms with Crippen LogP contribution in [0.25, 0.3) is 0 Å². The molecule has 1 amide bonds. The van der Waals surface area contributed by atoms with E-state index in [1.54, 1.807) is 6.07 Å². The molecule has 2 N–H and O–H groups in total. The van der Waals surface area contributed by atoms with Crippen molar-refractivity contribution in [1.82, 2.24) is 0 Å². The lowest BCUT2D eigenvalue weighted by Crippen LogP contribution is -2.16. The Kier molecular flexibility index (Phi) is 2.71. The molecular weight excluding hydrogens is 174 g/mol. The summed E-state index contributed by atoms with van der Waals surface area (Å²) in [6.07, 6.45) is 0. The van der Waals surface area contributed by atoms with Crippen LogP contribution in [-0.4, -0.2) is 5.91 Å². The molecule has 0 spiro atoms. The Morgan fingerprint density at radius 2 is 2.25 bits per heavy atom. The monoisotopic (exact) mass is 183 g/mol. The minimum atomic E-state index is -0.718. The van der Waals surface area contributed by atoms with Gasteiger partial charge in [-0.1, -0.05) is 29.8 Å². The van der Waals surface area contributed by atoms with Crippen molar-refractivity contribution in [2.75, 3.05) is 0 Å². The highest BCUT2D eigenvalue weighted by atomic mass is 35.5. The number of aryl methyl sites for hydroxylation is 1. The number of hydrogen-bond donors (Lipinski definition) is 1. The van der Waals surface area contributed by atoms with Crippen molar-refractivity contribution in [3.63, 3.8) is 0 Å². The number of carbonyl (C=O) groups is 1. The summed E-state index contributed by atoms with van der Waals surface area (Å²) in [6.45, 7) is 1.94. The number of primary amides is 1. The van der Waals surface area contributed by atoms with E-state index in [1.165, 1.54) is 0 Å². The maximum Gasteiger partial charge on any atom is 0.240 e. The first-order valence-electron chi connectivity index (χ1n) is 3.61. The minimum absolute atomic E-state index is 0.512. The first kappa shape index (κ1) is 9.07. The molecule has 0 aliphatic heterocycles. The first-order chi connectivity index (χ1) is 5.61. The molecule has 1 aromatic rings. The number of rotatable bonds is 2. The molecule has 0 fully saturated rings. The molecule has 0 bridgehead atoms. The zero-order chi connectivity index (χ0) is 9.14. The summed E-state index contributed by atoms with van der Waals surface area (Å²) in [6, 6.07) is 7.43. The smallest absolute Gasteiger partial charge is 0.240 e. The largest absolute Gasteiger partial charge is 0.368 e. The van der Waals surface area contributed by atoms with Crippen molar-refractivity contribution < 1.29 is 4.79 Å². The van der Waals surface area contributed by atoms with Gasteiger partial charge in [0.15, 0.2) is 0 Å². The number of hydrogen-bond acceptors (Lipinski definition) is 1. The molecule has 0 aromatic heterocycles. The fourth-order valence-corrected chi connectivity index (χ4v) is 1.13. The van der Waals surface area contributed by atoms with Crippen LogP contribution in [0.4, 0.5) is 0 Å². The second-order valence-corrected chi connectivity index (χ2v) is 3.12. The van der Waals surface area contributed by atoms with Gasteiger partial charge in [-0.25, -0.2) is 0 Å². The van der Waals surface area contributed by atoms with Crippen molar-refractivity contribution in [3.8, 4) is 0 Å². The van der Waals surface area contributed by atoms with Gasteiger partial charge in [0.2, 0.25) is 5.91 Å². The second kappa shape index (κ2) is 3.59. The normalized spacial score (nSPS) is 12.5. The highest BCUT2D eigenvalue weighted by Crippen LogP contribution is 2.20. The summed E-state index contributed by atoms with van der Waals surface area (Å²) < 4.78 is 0. The van der Waals surface area contributed by atoms with E-state index in [4.69, 9.17) is 17.3 Å². The van der Waals surface area contributed by atoms with Gasteiger partial charge in [-0.3, -0.25) is 4.79 Å². The van der Waals surface area contributed by atoms with Gasteiger partial charge < -0.3 is 5.73 Å². The summed E-state index contributed by atoms with van der Waals surface area (Å²) in [5.74, 6) is -0.512. The third-order valence-electron chi connectivity index (χ3n) is 1.58. The number of carbonyl (C=O) groups excluding carboxylic acids is 1. The van der Waals surface area contributed by atoms with E-state index in [1.807, 2.05) is 25.1 Å². The van der Waals surface area contributed by atoms with Crippen LogP contribution in [0.2, 0.25) is 0 Å². The zero-order valence-electron chi connectivity index (χ0n) is 6.75. The lowest BCUT2D eigenvalue weighted by atomic mass is 10.1. The SMILES string of the molecule is Cc1cccc([C@@H](Cl)C(N)=O)c1. The fourth-order valence-electron chi connectivity index (χ4n) is 0.992. The average molecular weight is 184 g/mol. The molecular formula is C9H10ClNO. The molecule has 0 aliphatic carbocycles. The Morgan fingerprint density at radius 3 is 2.75 bits per heavy atom. The molecule has 1 aromatic carbocycles. The predicted molar refractivity (Wildman–Crippen MR) is 49.0 cm³/mol. The maximum absolute atomic E-state index is 10.7. The summed E-state index contributed by atoms with van der Waals surface area (Å²) >= 11 is 5.74. The molecule has 0 unspecified atom stereocenters. The van der Waals surface area contributed by atoms with E-state index >= 15 is 0 Å². The quantitative estimate of drug-likeness (QED) is 0.698. The molecule has 0 radical (unpaired) electrons. The van der Waals surface area contributed by atoms with Crippen LogP contribution >= 0.6 is 11.6 Å². The van der Waals surface area contributed by atoms with E-state index in [-0.39, 0.29) is 0 Å². The van der Waals surface area contributed by atoms with Gasteiger partial charge in [-0.2, -0.15) is 0 Å². The van der Waals surface area contributed by atoms with Crippen molar-refractivity contribution in [3.05, 3.63) is 35.4 Å². The van der Waals surface area contributed by atoms with E-state index in [0.29, 0.717) is 0 Å². The molecule has 3 heteroatoms. The van der Waals surface area contributed by atoms with Crippen molar-refractivity contribution in [2.24, 2.45) is 5.73 Å². The predicted octanol–water partition coefficient (Wildman–Crippen LogP) is 1.76. The Hall–Kier alpha value is -1.02. The van der Waals surface area contributed by atoms with Crippen LogP contribution in [0.15, 0.2) is 24.3 Å². The summed E-state index contributed by atoms with van der Waals surface area (Å²) in [4.78, 5) is 10.7. The Bertz CT molecular complexity index is 298. The molecule has 2 nitrogen and oxygen atoms in total. The lowest BCUT2D eigenvalue weighted by molar-refractivity contribution is -0.117. The Balaban J connectivity index is 2.95. The van der Waals surface area contributed by atoms with Crippen LogP contribution < -0.4 is 5.73 Å². The van der Waals surface area contributed by atoms with E-state index in [9.17, 15) is 4.79 Å². The highest BCUT2D eigenvalue weighted by molar-refractivity contribution is 6.30. The number of alkyl halides is 1. The molecule has 0 saturated carbocycles. The molecule has 0 aliphatic rings. The molecule has 1 rings (SSSR count). The Morgan fingerprint density at radius 1 is 1.58 bits per heavy atom. The van der Waals surface area contributed by atoms with E-state index < -0.39 is 11.3 Å². The number of benzene rings is 1. The van der Waals surface area contributed by atoms with Crippen LogP contribution in [-0.2, 0) is 4.79 Å². The molecule has 12 heavy (non-hydrogen) atoms. The highest BCUT2D eigenvalue weighted by Gasteiger charge is 2.13. The van der Waals surface area contributed by atoms with Gasteiger partial charge in [0, 0.05) is 0 Å². The molecule has 64 valence electrons. The molecule has 0 saturated heterocycles. The van der Waals surface area contributed by atoms with Crippen LogP contribution in [0.1, 0.15) is 16.5 Å². The minimum Gasteiger partial charge on any atom is -0.368 e. The number of nitrogens with two attached hydrogens (primary N) is 1. The molecule has 0 heterocycles. The summed E-state index contributed by atoms with van der Waals surface area (Å²) in [5, 5.41) is -0.718. The number of halogens is 1. The Labute approximate surface area is 76.3 Å². The summed E-state index contributed by atoms with van der Waals surface area (Å²) in [7, 11) is 0. The van der Waals surface area contributed by atoms with Gasteiger partial charge in [0.25, 0.3) is 0 Å². The van der Waals surface area contributed by atoms with Gasteiger partial charge in [0.05, 0.1) is 0 Å². The van der Waals surface area contributed by atoms with Crippen LogP contribution in [0.3, 0.4) is 0 Å². The third kappa shape index (κ3) is 1.98. The topological polar surface area (TPSA) is 43.1 Å². The standard InChI is InChI=1S/C9H10ClNO/c1-6-3-2-4-7(5-6)8(10)9(11)12/h2-5,8H,1H3,(H2,11,12)/t8-/m1/s1. The van der Waals surface area contributed by atoms with Gasteiger partial charge in [-0.15, -0.1) is 11.6 Å². The third-order valence-corrected chi connectivity index (χ3v) is 2.05. The van der Waals surface area contributed by atoms with Gasteiger partial charge >= 0.3 is 0 Å². The fraction of sp³-hybridized carbons (Fsp3) is 0.222. The van der Waals surface area contributed by atoms with Crippen molar-refractivity contribution >= 4 is 17.5 Å². The molecule has 1 atom stereocenters. The van der Waals surface area contributed by atoms with Crippen molar-refractivity contribution in [2.45, 2.75) is 12.3 Å². The van der Waals surface area contributed by atoms with Gasteiger partial charge in [-0.05, 0) is 12.5 Å². The second-order valence-electron chi connectivity index (χ2n) is 2.68. The lowest BCUT2D eigenvalue weighted by Gasteiger charge is -2.05. The van der Waals surface area contributed by atoms with Crippen LogP contribution in [0.5, 0.6) is 0 Å². The van der Waals surface area contributed by atoms with E-state index in [2.05, 4.69) is 0 Å². The number of amides is 1. The first-order valence-corrected chi connectivity index (χ1v) is 4.05. The van der Waals surface area contributed by atoms with E-state index in [0.717, 1.165) is 11.1 Å².